The van der Waals surface area contributed by atoms with Gasteiger partial charge in [-0.1, -0.05) is 0 Å². The molecule has 1 aliphatic rings. The summed E-state index contributed by atoms with van der Waals surface area (Å²) in [6, 6.07) is -1.49. The summed E-state index contributed by atoms with van der Waals surface area (Å²) >= 11 is 0. The van der Waals surface area contributed by atoms with Crippen LogP contribution in [0.25, 0.3) is 0 Å². The lowest BCUT2D eigenvalue weighted by molar-refractivity contribution is -0.125. The Hall–Kier alpha value is -0.690. The summed E-state index contributed by atoms with van der Waals surface area (Å²) < 4.78 is 0. The van der Waals surface area contributed by atoms with Gasteiger partial charge < -0.3 is 20.6 Å². The fourth-order valence-corrected chi connectivity index (χ4v) is 1.41. The normalized spacial score (nSPS) is 39.1. The molecule has 0 bridgehead atoms. The molecule has 1 saturated heterocycles. The van der Waals surface area contributed by atoms with E-state index < -0.39 is 30.2 Å². The van der Waals surface area contributed by atoms with E-state index in [-0.39, 0.29) is 6.61 Å². The molecule has 4 atom stereocenters. The minimum atomic E-state index is -1.17. The van der Waals surface area contributed by atoms with Gasteiger partial charge in [-0.2, -0.15) is 0 Å². The van der Waals surface area contributed by atoms with Crippen LogP contribution >= 0.6 is 0 Å². The van der Waals surface area contributed by atoms with Crippen LogP contribution in [0, 0.1) is 0 Å². The maximum Gasteiger partial charge on any atom is 0.239 e. The third-order valence-corrected chi connectivity index (χ3v) is 2.22. The molecule has 0 aromatic rings. The fraction of sp³-hybridized carbons (Fsp3) is 0.857. The standard InChI is InChI=1S/C7H14N2O4/c1-8-7(13)4-6(12)5(11)3(2-10)9-4/h3-6,9-12H,2H2,1H3,(H,8,13)/t3-,4-,5-,6-/m0/s1. The highest BCUT2D eigenvalue weighted by Crippen LogP contribution is 2.14. The van der Waals surface area contributed by atoms with Gasteiger partial charge in [0.25, 0.3) is 0 Å². The lowest BCUT2D eigenvalue weighted by atomic mass is 10.1. The Kier molecular flexibility index (Phi) is 3.21. The van der Waals surface area contributed by atoms with E-state index in [1.54, 1.807) is 0 Å². The van der Waals surface area contributed by atoms with Gasteiger partial charge in [-0.15, -0.1) is 0 Å². The van der Waals surface area contributed by atoms with Gasteiger partial charge in [0.1, 0.15) is 12.1 Å². The fourth-order valence-electron chi connectivity index (χ4n) is 1.41. The second kappa shape index (κ2) is 4.01. The van der Waals surface area contributed by atoms with Gasteiger partial charge in [0.05, 0.1) is 18.8 Å². The number of likely N-dealkylation sites (N-methyl/N-ethyl adjacent to an activating group) is 1. The number of hydrogen-bond donors (Lipinski definition) is 5. The van der Waals surface area contributed by atoms with E-state index in [2.05, 4.69) is 10.6 Å². The van der Waals surface area contributed by atoms with E-state index in [1.165, 1.54) is 7.05 Å². The van der Waals surface area contributed by atoms with Crippen molar-refractivity contribution in [3.05, 3.63) is 0 Å². The number of amides is 1. The van der Waals surface area contributed by atoms with Crippen LogP contribution in [0.4, 0.5) is 0 Å². The van der Waals surface area contributed by atoms with Crippen molar-refractivity contribution in [2.75, 3.05) is 13.7 Å². The van der Waals surface area contributed by atoms with Gasteiger partial charge in [0.15, 0.2) is 0 Å². The first-order valence-electron chi connectivity index (χ1n) is 4.06. The number of hydrogen-bond acceptors (Lipinski definition) is 5. The molecule has 6 nitrogen and oxygen atoms in total. The molecule has 1 aliphatic heterocycles. The maximum absolute atomic E-state index is 11.1. The van der Waals surface area contributed by atoms with Crippen molar-refractivity contribution in [2.24, 2.45) is 0 Å². The summed E-state index contributed by atoms with van der Waals surface area (Å²) in [5, 5.41) is 32.4. The second-order valence-electron chi connectivity index (χ2n) is 3.03. The minimum Gasteiger partial charge on any atom is -0.395 e. The monoisotopic (exact) mass is 190 g/mol. The highest BCUT2D eigenvalue weighted by molar-refractivity contribution is 5.82. The van der Waals surface area contributed by atoms with E-state index in [9.17, 15) is 15.0 Å². The first-order valence-corrected chi connectivity index (χ1v) is 4.06. The van der Waals surface area contributed by atoms with E-state index >= 15 is 0 Å². The molecule has 1 rings (SSSR count). The van der Waals surface area contributed by atoms with E-state index in [0.29, 0.717) is 0 Å². The molecule has 0 aromatic carbocycles. The number of carbonyl (C=O) groups excluding carboxylic acids is 1. The van der Waals surface area contributed by atoms with Gasteiger partial charge >= 0.3 is 0 Å². The Morgan fingerprint density at radius 1 is 1.46 bits per heavy atom. The van der Waals surface area contributed by atoms with Crippen LogP contribution in [-0.2, 0) is 4.79 Å². The zero-order chi connectivity index (χ0) is 10.0. The Balaban J connectivity index is 2.65. The molecule has 1 heterocycles. The summed E-state index contributed by atoms with van der Waals surface area (Å²) in [4.78, 5) is 11.1. The van der Waals surface area contributed by atoms with Crippen LogP contribution in [-0.4, -0.2) is 59.2 Å². The third kappa shape index (κ3) is 1.80. The largest absolute Gasteiger partial charge is 0.395 e. The molecule has 5 N–H and O–H groups in total. The average Bonchev–Trinajstić information content (AvgIpc) is 2.43. The predicted molar refractivity (Wildman–Crippen MR) is 43.9 cm³/mol. The Bertz CT molecular complexity index is 199. The molecular formula is C7H14N2O4. The SMILES string of the molecule is CNC(=O)[C@H]1N[C@@H](CO)[C@H](O)[C@H]1O. The van der Waals surface area contributed by atoms with Crippen molar-refractivity contribution >= 4 is 5.91 Å². The number of rotatable bonds is 2. The number of aliphatic hydroxyl groups excluding tert-OH is 3. The smallest absolute Gasteiger partial charge is 0.239 e. The first-order chi connectivity index (χ1) is 6.11. The van der Waals surface area contributed by atoms with Crippen LogP contribution in [0.1, 0.15) is 0 Å². The molecular weight excluding hydrogens is 176 g/mol. The van der Waals surface area contributed by atoms with Crippen LogP contribution in [0.5, 0.6) is 0 Å². The molecule has 0 spiro atoms. The van der Waals surface area contributed by atoms with Crippen LogP contribution in [0.2, 0.25) is 0 Å². The van der Waals surface area contributed by atoms with Crippen molar-refractivity contribution in [2.45, 2.75) is 24.3 Å². The Morgan fingerprint density at radius 2 is 2.08 bits per heavy atom. The molecule has 6 heteroatoms. The summed E-state index contributed by atoms with van der Waals surface area (Å²) in [6.45, 7) is -0.314. The van der Waals surface area contributed by atoms with Gasteiger partial charge in [0.2, 0.25) is 5.91 Å². The van der Waals surface area contributed by atoms with Crippen molar-refractivity contribution in [3.8, 4) is 0 Å². The molecule has 13 heavy (non-hydrogen) atoms. The topological polar surface area (TPSA) is 102 Å². The number of nitrogens with one attached hydrogen (secondary N) is 2. The second-order valence-corrected chi connectivity index (χ2v) is 3.03. The maximum atomic E-state index is 11.1. The number of carbonyl (C=O) groups is 1. The Morgan fingerprint density at radius 3 is 2.46 bits per heavy atom. The first kappa shape index (κ1) is 10.4. The van der Waals surface area contributed by atoms with Gasteiger partial charge in [-0.3, -0.25) is 10.1 Å². The minimum absolute atomic E-state index is 0.314. The lowest BCUT2D eigenvalue weighted by Gasteiger charge is -2.13. The lowest BCUT2D eigenvalue weighted by Crippen LogP contribution is -2.46. The summed E-state index contributed by atoms with van der Waals surface area (Å²) in [5.74, 6) is -0.400. The summed E-state index contributed by atoms with van der Waals surface area (Å²) in [7, 11) is 1.44. The average molecular weight is 190 g/mol. The predicted octanol–water partition coefficient (Wildman–Crippen LogP) is -3.21. The summed E-state index contributed by atoms with van der Waals surface area (Å²) in [6.07, 6.45) is -2.27. The molecule has 0 aliphatic carbocycles. The summed E-state index contributed by atoms with van der Waals surface area (Å²) in [5.41, 5.74) is 0. The Labute approximate surface area is 75.6 Å². The van der Waals surface area contributed by atoms with Crippen LogP contribution < -0.4 is 10.6 Å². The van der Waals surface area contributed by atoms with Gasteiger partial charge in [-0.25, -0.2) is 0 Å². The van der Waals surface area contributed by atoms with Crippen molar-refractivity contribution in [1.82, 2.24) is 10.6 Å². The number of aliphatic hydroxyl groups is 3. The highest BCUT2D eigenvalue weighted by atomic mass is 16.3. The van der Waals surface area contributed by atoms with Crippen LogP contribution in [0.15, 0.2) is 0 Å². The zero-order valence-corrected chi connectivity index (χ0v) is 7.27. The van der Waals surface area contributed by atoms with Crippen molar-refractivity contribution < 1.29 is 20.1 Å². The molecule has 0 radical (unpaired) electrons. The van der Waals surface area contributed by atoms with E-state index in [1.807, 2.05) is 0 Å². The quantitative estimate of drug-likeness (QED) is 0.315. The van der Waals surface area contributed by atoms with E-state index in [0.717, 1.165) is 0 Å². The van der Waals surface area contributed by atoms with Crippen molar-refractivity contribution in [3.63, 3.8) is 0 Å². The molecule has 1 amide bonds. The zero-order valence-electron chi connectivity index (χ0n) is 7.27. The van der Waals surface area contributed by atoms with Crippen LogP contribution in [0.3, 0.4) is 0 Å². The molecule has 0 saturated carbocycles. The van der Waals surface area contributed by atoms with E-state index in [4.69, 9.17) is 5.11 Å². The van der Waals surface area contributed by atoms with Crippen molar-refractivity contribution in [1.29, 1.82) is 0 Å². The molecule has 1 fully saturated rings. The molecule has 76 valence electrons. The van der Waals surface area contributed by atoms with Gasteiger partial charge in [0, 0.05) is 7.05 Å². The van der Waals surface area contributed by atoms with Gasteiger partial charge in [-0.05, 0) is 0 Å². The molecule has 0 aromatic heterocycles. The third-order valence-electron chi connectivity index (χ3n) is 2.22. The molecule has 0 unspecified atom stereocenters. The highest BCUT2D eigenvalue weighted by Gasteiger charge is 2.43.